The molecule has 0 saturated heterocycles. The van der Waals surface area contributed by atoms with Gasteiger partial charge in [-0.25, -0.2) is 4.98 Å². The summed E-state index contributed by atoms with van der Waals surface area (Å²) in [6.07, 6.45) is 4.81. The van der Waals surface area contributed by atoms with Gasteiger partial charge in [-0.05, 0) is 31.2 Å². The molecule has 1 amide bonds. The third-order valence-corrected chi connectivity index (χ3v) is 4.24. The molecule has 1 N–H and O–H groups in total. The van der Waals surface area contributed by atoms with Crippen LogP contribution in [0.25, 0.3) is 11.0 Å². The Morgan fingerprint density at radius 1 is 1.43 bits per heavy atom. The minimum absolute atomic E-state index is 0.260. The van der Waals surface area contributed by atoms with Crippen LogP contribution in [0.5, 0.6) is 0 Å². The Balaban J connectivity index is 2.03. The fourth-order valence-corrected chi connectivity index (χ4v) is 2.97. The van der Waals surface area contributed by atoms with Gasteiger partial charge in [0.2, 0.25) is 5.91 Å². The highest BCUT2D eigenvalue weighted by atomic mass is 32.1. The Hall–Kier alpha value is -2.84. The van der Waals surface area contributed by atoms with Crippen molar-refractivity contribution in [2.45, 2.75) is 6.92 Å². The van der Waals surface area contributed by atoms with Gasteiger partial charge in [0.1, 0.15) is 5.65 Å². The van der Waals surface area contributed by atoms with E-state index in [9.17, 15) is 4.79 Å². The molecule has 5 heteroatoms. The van der Waals surface area contributed by atoms with Crippen molar-refractivity contribution in [1.82, 2.24) is 9.55 Å². The summed E-state index contributed by atoms with van der Waals surface area (Å²) in [5.74, 6) is 6.12. The van der Waals surface area contributed by atoms with E-state index in [-0.39, 0.29) is 5.91 Å². The first-order valence-electron chi connectivity index (χ1n) is 7.04. The number of anilines is 1. The number of hydrogen-bond donors (Lipinski definition) is 1. The number of hydrogen-bond acceptors (Lipinski definition) is 3. The highest BCUT2D eigenvalue weighted by Crippen LogP contribution is 2.22. The molecule has 3 heterocycles. The molecule has 0 aliphatic carbocycles. The molecular formula is C18H15N3OS. The van der Waals surface area contributed by atoms with Crippen molar-refractivity contribution in [3.05, 3.63) is 58.6 Å². The summed E-state index contributed by atoms with van der Waals surface area (Å²) in [6, 6.07) is 5.96. The van der Waals surface area contributed by atoms with E-state index in [0.717, 1.165) is 21.5 Å². The van der Waals surface area contributed by atoms with Crippen LogP contribution in [0.15, 0.2) is 43.2 Å². The number of nitrogens with one attached hydrogen (secondary N) is 1. The number of nitrogens with zero attached hydrogens (tertiary/aromatic N) is 2. The lowest BCUT2D eigenvalue weighted by Crippen LogP contribution is -2.07. The molecule has 4 nitrogen and oxygen atoms in total. The van der Waals surface area contributed by atoms with Crippen LogP contribution in [0.2, 0.25) is 0 Å². The van der Waals surface area contributed by atoms with E-state index in [1.54, 1.807) is 17.5 Å². The molecule has 0 saturated carbocycles. The number of amides is 1. The van der Waals surface area contributed by atoms with Crippen LogP contribution in [-0.4, -0.2) is 15.5 Å². The highest BCUT2D eigenvalue weighted by molar-refractivity contribution is 7.12. The minimum atomic E-state index is -0.260. The third kappa shape index (κ3) is 3.17. The first-order valence-corrected chi connectivity index (χ1v) is 7.85. The SMILES string of the molecule is C=CC(=O)Nc1cnc2c(c1)c(C#Cc1ccc(C)s1)cn2C. The molecule has 0 aliphatic heterocycles. The Labute approximate surface area is 138 Å². The number of aromatic nitrogens is 2. The number of carbonyl (C=O) groups is 1. The molecule has 0 atom stereocenters. The first-order chi connectivity index (χ1) is 11.1. The van der Waals surface area contributed by atoms with Crippen molar-refractivity contribution in [1.29, 1.82) is 0 Å². The predicted octanol–water partition coefficient (Wildman–Crippen LogP) is 3.47. The Morgan fingerprint density at radius 3 is 2.96 bits per heavy atom. The van der Waals surface area contributed by atoms with Crippen LogP contribution in [0.3, 0.4) is 0 Å². The molecule has 0 bridgehead atoms. The zero-order valence-corrected chi connectivity index (χ0v) is 13.7. The Bertz CT molecular complexity index is 969. The molecular weight excluding hydrogens is 306 g/mol. The number of rotatable bonds is 2. The maximum absolute atomic E-state index is 11.4. The largest absolute Gasteiger partial charge is 0.334 e. The van der Waals surface area contributed by atoms with E-state index in [1.165, 1.54) is 11.0 Å². The monoisotopic (exact) mass is 321 g/mol. The highest BCUT2D eigenvalue weighted by Gasteiger charge is 2.08. The van der Waals surface area contributed by atoms with Crippen molar-refractivity contribution in [3.63, 3.8) is 0 Å². The molecule has 3 aromatic heterocycles. The maximum atomic E-state index is 11.4. The van der Waals surface area contributed by atoms with Gasteiger partial charge in [-0.2, -0.15) is 0 Å². The molecule has 0 aliphatic rings. The van der Waals surface area contributed by atoms with Crippen LogP contribution >= 0.6 is 11.3 Å². The van der Waals surface area contributed by atoms with Gasteiger partial charge in [0, 0.05) is 23.5 Å². The van der Waals surface area contributed by atoms with Crippen LogP contribution in [0.4, 0.5) is 5.69 Å². The van der Waals surface area contributed by atoms with E-state index in [0.29, 0.717) is 5.69 Å². The van der Waals surface area contributed by atoms with E-state index in [4.69, 9.17) is 0 Å². The van der Waals surface area contributed by atoms with Crippen LogP contribution in [-0.2, 0) is 11.8 Å². The van der Waals surface area contributed by atoms with Crippen molar-refractivity contribution >= 4 is 34.0 Å². The topological polar surface area (TPSA) is 46.9 Å². The standard InChI is InChI=1S/C18H15N3OS/c1-4-17(22)20-14-9-16-13(11-21(3)18(16)19-10-14)6-8-15-7-5-12(2)23-15/h4-5,7,9-11H,1H2,2-3H3,(H,20,22). The molecule has 0 aromatic carbocycles. The molecule has 0 unspecified atom stereocenters. The van der Waals surface area contributed by atoms with Crippen molar-refractivity contribution < 1.29 is 4.79 Å². The molecule has 0 spiro atoms. The summed E-state index contributed by atoms with van der Waals surface area (Å²) >= 11 is 1.67. The molecule has 3 aromatic rings. The van der Waals surface area contributed by atoms with Gasteiger partial charge in [0.15, 0.2) is 0 Å². The fraction of sp³-hybridized carbons (Fsp3) is 0.111. The van der Waals surface area contributed by atoms with E-state index < -0.39 is 0 Å². The van der Waals surface area contributed by atoms with Crippen molar-refractivity contribution in [3.8, 4) is 11.8 Å². The molecule has 23 heavy (non-hydrogen) atoms. The zero-order chi connectivity index (χ0) is 16.4. The van der Waals surface area contributed by atoms with E-state index in [2.05, 4.69) is 41.7 Å². The quantitative estimate of drug-likeness (QED) is 0.580. The normalized spacial score (nSPS) is 10.2. The lowest BCUT2D eigenvalue weighted by atomic mass is 10.2. The number of fused-ring (bicyclic) bond motifs is 1. The lowest BCUT2D eigenvalue weighted by molar-refractivity contribution is -0.111. The summed E-state index contributed by atoms with van der Waals surface area (Å²) in [5, 5.41) is 3.63. The summed E-state index contributed by atoms with van der Waals surface area (Å²) in [7, 11) is 1.93. The Morgan fingerprint density at radius 2 is 2.26 bits per heavy atom. The number of thiophene rings is 1. The van der Waals surface area contributed by atoms with E-state index in [1.807, 2.05) is 29.9 Å². The third-order valence-electron chi connectivity index (χ3n) is 3.33. The maximum Gasteiger partial charge on any atom is 0.247 e. The second-order valence-corrected chi connectivity index (χ2v) is 6.39. The summed E-state index contributed by atoms with van der Waals surface area (Å²) in [6.45, 7) is 5.51. The zero-order valence-electron chi connectivity index (χ0n) is 12.9. The molecule has 0 fully saturated rings. The van der Waals surface area contributed by atoms with Gasteiger partial charge in [0.05, 0.1) is 22.3 Å². The smallest absolute Gasteiger partial charge is 0.247 e. The van der Waals surface area contributed by atoms with Crippen molar-refractivity contribution in [2.75, 3.05) is 5.32 Å². The van der Waals surface area contributed by atoms with E-state index >= 15 is 0 Å². The summed E-state index contributed by atoms with van der Waals surface area (Å²) in [5.41, 5.74) is 2.34. The van der Waals surface area contributed by atoms with Gasteiger partial charge < -0.3 is 9.88 Å². The average molecular weight is 321 g/mol. The van der Waals surface area contributed by atoms with Crippen molar-refractivity contribution in [2.24, 2.45) is 7.05 Å². The first kappa shape index (κ1) is 15.1. The summed E-state index contributed by atoms with van der Waals surface area (Å²) < 4.78 is 1.93. The Kier molecular flexibility index (Phi) is 4.00. The second-order valence-electron chi connectivity index (χ2n) is 5.10. The number of pyridine rings is 1. The average Bonchev–Trinajstić information content (AvgIpc) is 3.09. The predicted molar refractivity (Wildman–Crippen MR) is 94.6 cm³/mol. The fourth-order valence-electron chi connectivity index (χ4n) is 2.25. The van der Waals surface area contributed by atoms with Gasteiger partial charge in [-0.15, -0.1) is 11.3 Å². The molecule has 0 radical (unpaired) electrons. The van der Waals surface area contributed by atoms with Gasteiger partial charge >= 0.3 is 0 Å². The summed E-state index contributed by atoms with van der Waals surface area (Å²) in [4.78, 5) is 18.1. The number of carbonyl (C=O) groups excluding carboxylic acids is 1. The van der Waals surface area contributed by atoms with Gasteiger partial charge in [-0.3, -0.25) is 4.79 Å². The number of aryl methyl sites for hydroxylation is 2. The second kappa shape index (κ2) is 6.11. The van der Waals surface area contributed by atoms with Crippen LogP contribution < -0.4 is 5.32 Å². The lowest BCUT2D eigenvalue weighted by Gasteiger charge is -2.02. The molecule has 114 valence electrons. The molecule has 3 rings (SSSR count). The van der Waals surface area contributed by atoms with Gasteiger partial charge in [-0.1, -0.05) is 18.4 Å². The minimum Gasteiger partial charge on any atom is -0.334 e. The van der Waals surface area contributed by atoms with Gasteiger partial charge in [0.25, 0.3) is 0 Å². The van der Waals surface area contributed by atoms with Crippen LogP contribution in [0.1, 0.15) is 15.3 Å². The van der Waals surface area contributed by atoms with Crippen LogP contribution in [0, 0.1) is 18.8 Å².